The van der Waals surface area contributed by atoms with Crippen molar-refractivity contribution in [3.63, 3.8) is 0 Å². The van der Waals surface area contributed by atoms with Gasteiger partial charge in [0.25, 0.3) is 0 Å². The molecule has 2 aliphatic rings. The third-order valence-corrected chi connectivity index (χ3v) is 7.52. The first-order chi connectivity index (χ1) is 15.9. The molecule has 4 amide bonds. The van der Waals surface area contributed by atoms with Gasteiger partial charge in [0.2, 0.25) is 11.8 Å². The lowest BCUT2D eigenvalue weighted by atomic mass is 9.95. The molecule has 4 rings (SSSR count). The van der Waals surface area contributed by atoms with Gasteiger partial charge in [-0.1, -0.05) is 30.3 Å². The number of carbonyl (C=O) groups excluding carboxylic acids is 3. The molecule has 2 heterocycles. The summed E-state index contributed by atoms with van der Waals surface area (Å²) < 4.78 is 5.14. The van der Waals surface area contributed by atoms with Gasteiger partial charge in [0, 0.05) is 12.2 Å². The lowest BCUT2D eigenvalue weighted by Crippen LogP contribution is -2.61. The van der Waals surface area contributed by atoms with Gasteiger partial charge in [-0.2, -0.15) is 0 Å². The van der Waals surface area contributed by atoms with Crippen LogP contribution in [-0.4, -0.2) is 53.2 Å². The molecule has 2 atom stereocenters. The summed E-state index contributed by atoms with van der Waals surface area (Å²) in [4.78, 5) is 43.4. The predicted molar refractivity (Wildman–Crippen MR) is 129 cm³/mol. The van der Waals surface area contributed by atoms with E-state index in [4.69, 9.17) is 4.74 Å². The van der Waals surface area contributed by atoms with Gasteiger partial charge in [0.05, 0.1) is 18.4 Å². The number of methoxy groups -OCH3 is 1. The van der Waals surface area contributed by atoms with Crippen LogP contribution in [0.5, 0.6) is 5.75 Å². The lowest BCUT2D eigenvalue weighted by molar-refractivity contribution is -0.136. The molecule has 0 radical (unpaired) electrons. The molecule has 172 valence electrons. The SMILES string of the molecule is COc1ccc(NC(=O)CN2C(=O)N(CCc3ccccc3)C(=O)C3C(C)=C(C)SC32)cc1. The number of carbonyl (C=O) groups is 3. The number of thioether (sulfide) groups is 1. The summed E-state index contributed by atoms with van der Waals surface area (Å²) in [5.41, 5.74) is 2.63. The number of amides is 4. The number of ether oxygens (including phenoxy) is 1. The number of fused-ring (bicyclic) bond motifs is 1. The summed E-state index contributed by atoms with van der Waals surface area (Å²) >= 11 is 1.48. The summed E-state index contributed by atoms with van der Waals surface area (Å²) in [6, 6.07) is 16.3. The number of hydrogen-bond donors (Lipinski definition) is 1. The van der Waals surface area contributed by atoms with Crippen molar-refractivity contribution >= 4 is 35.3 Å². The highest BCUT2D eigenvalue weighted by atomic mass is 32.2. The van der Waals surface area contributed by atoms with Crippen molar-refractivity contribution in [3.05, 3.63) is 70.6 Å². The van der Waals surface area contributed by atoms with Crippen LogP contribution in [0.3, 0.4) is 0 Å². The molecule has 7 nitrogen and oxygen atoms in total. The van der Waals surface area contributed by atoms with E-state index in [2.05, 4.69) is 5.32 Å². The third-order valence-electron chi connectivity index (χ3n) is 6.08. The molecule has 2 aromatic carbocycles. The molecule has 0 bridgehead atoms. The van der Waals surface area contributed by atoms with E-state index < -0.39 is 17.3 Å². The maximum absolute atomic E-state index is 13.4. The molecule has 33 heavy (non-hydrogen) atoms. The first-order valence-electron chi connectivity index (χ1n) is 10.8. The molecule has 0 spiro atoms. The average molecular weight is 466 g/mol. The van der Waals surface area contributed by atoms with Gasteiger partial charge < -0.3 is 15.0 Å². The molecule has 1 fully saturated rings. The Hall–Kier alpha value is -3.26. The minimum Gasteiger partial charge on any atom is -0.497 e. The van der Waals surface area contributed by atoms with Crippen LogP contribution in [0.1, 0.15) is 19.4 Å². The zero-order chi connectivity index (χ0) is 23.5. The van der Waals surface area contributed by atoms with Gasteiger partial charge in [-0.05, 0) is 60.6 Å². The van der Waals surface area contributed by atoms with E-state index in [1.807, 2.05) is 44.2 Å². The molecule has 0 saturated carbocycles. The van der Waals surface area contributed by atoms with Crippen molar-refractivity contribution in [2.45, 2.75) is 25.6 Å². The van der Waals surface area contributed by atoms with Gasteiger partial charge in [-0.25, -0.2) is 4.79 Å². The first kappa shape index (κ1) is 22.9. The molecule has 0 aliphatic carbocycles. The predicted octanol–water partition coefficient (Wildman–Crippen LogP) is 4.12. The highest BCUT2D eigenvalue weighted by molar-refractivity contribution is 8.03. The number of hydrogen-bond acceptors (Lipinski definition) is 5. The number of urea groups is 1. The number of imide groups is 1. The summed E-state index contributed by atoms with van der Waals surface area (Å²) in [5.74, 6) is -0.242. The summed E-state index contributed by atoms with van der Waals surface area (Å²) in [6.45, 7) is 4.04. The van der Waals surface area contributed by atoms with Crippen LogP contribution in [0, 0.1) is 5.92 Å². The molecule has 8 heteroatoms. The van der Waals surface area contributed by atoms with Crippen LogP contribution in [0.25, 0.3) is 0 Å². The Kier molecular flexibility index (Phi) is 6.74. The monoisotopic (exact) mass is 465 g/mol. The van der Waals surface area contributed by atoms with E-state index in [9.17, 15) is 14.4 Å². The van der Waals surface area contributed by atoms with Crippen LogP contribution in [-0.2, 0) is 16.0 Å². The largest absolute Gasteiger partial charge is 0.497 e. The van der Waals surface area contributed by atoms with Crippen LogP contribution in [0.15, 0.2) is 65.1 Å². The third kappa shape index (κ3) is 4.75. The van der Waals surface area contributed by atoms with Crippen LogP contribution >= 0.6 is 11.8 Å². The number of nitrogens with one attached hydrogen (secondary N) is 1. The van der Waals surface area contributed by atoms with E-state index in [-0.39, 0.29) is 24.9 Å². The minimum absolute atomic E-state index is 0.130. The van der Waals surface area contributed by atoms with Crippen molar-refractivity contribution < 1.29 is 19.1 Å². The van der Waals surface area contributed by atoms with Gasteiger partial charge in [-0.3, -0.25) is 14.5 Å². The smallest absolute Gasteiger partial charge is 0.328 e. The zero-order valence-electron chi connectivity index (χ0n) is 18.9. The Morgan fingerprint density at radius 1 is 1.06 bits per heavy atom. The summed E-state index contributed by atoms with van der Waals surface area (Å²) in [6.07, 6.45) is 0.566. The molecule has 2 unspecified atom stereocenters. The normalized spacial score (nSPS) is 20.2. The molecular weight excluding hydrogens is 438 g/mol. The van der Waals surface area contributed by atoms with Crippen molar-refractivity contribution in [2.75, 3.05) is 25.5 Å². The second-order valence-electron chi connectivity index (χ2n) is 8.14. The van der Waals surface area contributed by atoms with E-state index in [0.717, 1.165) is 16.0 Å². The number of rotatable bonds is 7. The Balaban J connectivity index is 1.51. The Bertz CT molecular complexity index is 1080. The number of allylic oxidation sites excluding steroid dienone is 1. The second kappa shape index (κ2) is 9.70. The van der Waals surface area contributed by atoms with E-state index in [1.165, 1.54) is 21.6 Å². The maximum atomic E-state index is 13.4. The lowest BCUT2D eigenvalue weighted by Gasteiger charge is -2.41. The molecule has 2 aliphatic heterocycles. The van der Waals surface area contributed by atoms with E-state index in [0.29, 0.717) is 17.9 Å². The van der Waals surface area contributed by atoms with Crippen LogP contribution in [0.2, 0.25) is 0 Å². The molecule has 0 aromatic heterocycles. The fraction of sp³-hybridized carbons (Fsp3) is 0.320. The van der Waals surface area contributed by atoms with Crippen molar-refractivity contribution in [2.24, 2.45) is 5.92 Å². The van der Waals surface area contributed by atoms with Crippen LogP contribution < -0.4 is 10.1 Å². The molecule has 2 aromatic rings. The number of nitrogens with zero attached hydrogens (tertiary/aromatic N) is 2. The zero-order valence-corrected chi connectivity index (χ0v) is 19.7. The summed E-state index contributed by atoms with van der Waals surface area (Å²) in [7, 11) is 1.58. The number of benzene rings is 2. The van der Waals surface area contributed by atoms with Crippen molar-refractivity contribution in [1.29, 1.82) is 0 Å². The molecule has 1 saturated heterocycles. The first-order valence-corrected chi connectivity index (χ1v) is 11.7. The maximum Gasteiger partial charge on any atom is 0.328 e. The van der Waals surface area contributed by atoms with Gasteiger partial charge in [-0.15, -0.1) is 11.8 Å². The molecule has 1 N–H and O–H groups in total. The Morgan fingerprint density at radius 2 is 1.76 bits per heavy atom. The summed E-state index contributed by atoms with van der Waals surface area (Å²) in [5, 5.41) is 2.43. The second-order valence-corrected chi connectivity index (χ2v) is 9.47. The van der Waals surface area contributed by atoms with Crippen molar-refractivity contribution in [1.82, 2.24) is 9.80 Å². The Morgan fingerprint density at radius 3 is 2.42 bits per heavy atom. The quantitative estimate of drug-likeness (QED) is 0.665. The molecular formula is C25H27N3O4S. The fourth-order valence-corrected chi connectivity index (χ4v) is 5.55. The topological polar surface area (TPSA) is 79.0 Å². The van der Waals surface area contributed by atoms with Crippen molar-refractivity contribution in [3.8, 4) is 5.75 Å². The van der Waals surface area contributed by atoms with Gasteiger partial charge in [0.1, 0.15) is 12.3 Å². The minimum atomic E-state index is -0.433. The van der Waals surface area contributed by atoms with E-state index >= 15 is 0 Å². The average Bonchev–Trinajstić information content (AvgIpc) is 3.12. The fourth-order valence-electron chi connectivity index (χ4n) is 4.13. The van der Waals surface area contributed by atoms with E-state index in [1.54, 1.807) is 31.4 Å². The highest BCUT2D eigenvalue weighted by Gasteiger charge is 2.50. The van der Waals surface area contributed by atoms with Gasteiger partial charge in [0.15, 0.2) is 0 Å². The number of anilines is 1. The highest BCUT2D eigenvalue weighted by Crippen LogP contribution is 2.46. The Labute approximate surface area is 197 Å². The van der Waals surface area contributed by atoms with Crippen LogP contribution in [0.4, 0.5) is 10.5 Å². The van der Waals surface area contributed by atoms with Gasteiger partial charge >= 0.3 is 6.03 Å². The standard InChI is InChI=1S/C25H27N3O4S/c1-16-17(2)33-24-22(16)23(30)27(14-13-18-7-5-4-6-8-18)25(31)28(24)15-21(29)26-19-9-11-20(32-3)12-10-19/h4-12,22,24H,13-15H2,1-3H3,(H,26,29).